The molecule has 0 spiro atoms. The van der Waals surface area contributed by atoms with Crippen molar-refractivity contribution in [2.24, 2.45) is 0 Å². The molecule has 0 aromatic carbocycles. The molecular weight excluding hydrogens is 280 g/mol. The van der Waals surface area contributed by atoms with Gasteiger partial charge < -0.3 is 19.3 Å². The minimum Gasteiger partial charge on any atom is -0.466 e. The summed E-state index contributed by atoms with van der Waals surface area (Å²) in [7, 11) is 0. The van der Waals surface area contributed by atoms with E-state index in [2.05, 4.69) is 4.90 Å². The number of amides is 1. The fraction of sp³-hybridized carbons (Fsp3) is 0.706. The van der Waals surface area contributed by atoms with Crippen molar-refractivity contribution in [2.45, 2.75) is 45.1 Å². The van der Waals surface area contributed by atoms with E-state index in [9.17, 15) is 9.90 Å². The summed E-state index contributed by atoms with van der Waals surface area (Å²) in [5.74, 6) is 1.40. The second-order valence-electron chi connectivity index (χ2n) is 6.86. The number of carbonyl (C=O) groups excluding carboxylic acids is 1. The van der Waals surface area contributed by atoms with Crippen LogP contribution >= 0.6 is 0 Å². The molecule has 1 atom stereocenters. The van der Waals surface area contributed by atoms with Crippen molar-refractivity contribution in [3.63, 3.8) is 0 Å². The summed E-state index contributed by atoms with van der Waals surface area (Å²) in [6.07, 6.45) is 4.06. The highest BCUT2D eigenvalue weighted by Crippen LogP contribution is 2.26. The Kier molecular flexibility index (Phi) is 4.28. The third-order valence-corrected chi connectivity index (χ3v) is 4.83. The number of furan rings is 1. The molecule has 5 nitrogen and oxygen atoms in total. The van der Waals surface area contributed by atoms with E-state index < -0.39 is 5.60 Å². The van der Waals surface area contributed by atoms with Crippen LogP contribution in [0.2, 0.25) is 0 Å². The fourth-order valence-electron chi connectivity index (χ4n) is 3.79. The van der Waals surface area contributed by atoms with Gasteiger partial charge in [0.2, 0.25) is 0 Å². The number of piperidine rings is 1. The Hall–Kier alpha value is -1.33. The first-order chi connectivity index (χ1) is 10.5. The smallest absolute Gasteiger partial charge is 0.257 e. The van der Waals surface area contributed by atoms with E-state index in [0.29, 0.717) is 31.0 Å². The number of aryl methyl sites for hydroxylation is 2. The SMILES string of the molecule is Cc1cc(C(=O)N2CCC[C@](O)(CN3CCCC3)C2)c(C)o1. The van der Waals surface area contributed by atoms with Gasteiger partial charge in [-0.1, -0.05) is 0 Å². The molecule has 1 N–H and O–H groups in total. The molecule has 2 saturated heterocycles. The van der Waals surface area contributed by atoms with Gasteiger partial charge in [0.25, 0.3) is 5.91 Å². The molecule has 0 bridgehead atoms. The maximum atomic E-state index is 12.7. The third-order valence-electron chi connectivity index (χ3n) is 4.83. The van der Waals surface area contributed by atoms with Crippen LogP contribution in [0.1, 0.15) is 47.6 Å². The number of nitrogens with zero attached hydrogens (tertiary/aromatic N) is 2. The van der Waals surface area contributed by atoms with Gasteiger partial charge >= 0.3 is 0 Å². The molecule has 22 heavy (non-hydrogen) atoms. The lowest BCUT2D eigenvalue weighted by molar-refractivity contribution is -0.0431. The lowest BCUT2D eigenvalue weighted by Crippen LogP contribution is -2.55. The molecule has 3 rings (SSSR count). The summed E-state index contributed by atoms with van der Waals surface area (Å²) in [5, 5.41) is 10.9. The number of hydrogen-bond donors (Lipinski definition) is 1. The fourth-order valence-corrected chi connectivity index (χ4v) is 3.79. The summed E-state index contributed by atoms with van der Waals surface area (Å²) in [6.45, 7) is 7.62. The number of hydrogen-bond acceptors (Lipinski definition) is 4. The van der Waals surface area contributed by atoms with Crippen molar-refractivity contribution < 1.29 is 14.3 Å². The Bertz CT molecular complexity index is 548. The van der Waals surface area contributed by atoms with Crippen LogP contribution in [-0.4, -0.2) is 59.1 Å². The predicted molar refractivity (Wildman–Crippen MR) is 83.9 cm³/mol. The second-order valence-corrected chi connectivity index (χ2v) is 6.86. The van der Waals surface area contributed by atoms with Crippen LogP contribution in [0, 0.1) is 13.8 Å². The largest absolute Gasteiger partial charge is 0.466 e. The molecule has 122 valence electrons. The van der Waals surface area contributed by atoms with Crippen molar-refractivity contribution in [3.05, 3.63) is 23.2 Å². The first-order valence-corrected chi connectivity index (χ1v) is 8.28. The average molecular weight is 306 g/mol. The standard InChI is InChI=1S/C17H26N2O3/c1-13-10-15(14(2)22-13)16(20)19-9-5-6-17(21,12-19)11-18-7-3-4-8-18/h10,21H,3-9,11-12H2,1-2H3/t17-/m0/s1. The van der Waals surface area contributed by atoms with Crippen LogP contribution in [0.5, 0.6) is 0 Å². The van der Waals surface area contributed by atoms with Crippen LogP contribution in [0.4, 0.5) is 0 Å². The van der Waals surface area contributed by atoms with Crippen LogP contribution in [-0.2, 0) is 0 Å². The van der Waals surface area contributed by atoms with E-state index in [0.717, 1.165) is 31.7 Å². The Balaban J connectivity index is 1.69. The monoisotopic (exact) mass is 306 g/mol. The van der Waals surface area contributed by atoms with Crippen LogP contribution < -0.4 is 0 Å². The molecule has 0 unspecified atom stereocenters. The second kappa shape index (κ2) is 6.05. The van der Waals surface area contributed by atoms with Crippen molar-refractivity contribution in [2.75, 3.05) is 32.7 Å². The average Bonchev–Trinajstić information content (AvgIpc) is 3.07. The van der Waals surface area contributed by atoms with E-state index in [-0.39, 0.29) is 5.91 Å². The van der Waals surface area contributed by atoms with Gasteiger partial charge in [0.1, 0.15) is 11.5 Å². The summed E-state index contributed by atoms with van der Waals surface area (Å²) in [5.41, 5.74) is -0.145. The number of likely N-dealkylation sites (tertiary alicyclic amines) is 2. The normalized spacial score (nSPS) is 26.6. The summed E-state index contributed by atoms with van der Waals surface area (Å²) < 4.78 is 5.47. The zero-order chi connectivity index (χ0) is 15.7. The Morgan fingerprint density at radius 1 is 1.27 bits per heavy atom. The third kappa shape index (κ3) is 3.20. The molecule has 5 heteroatoms. The molecule has 2 aliphatic rings. The zero-order valence-corrected chi connectivity index (χ0v) is 13.6. The van der Waals surface area contributed by atoms with Gasteiger partial charge in [0.05, 0.1) is 17.7 Å². The lowest BCUT2D eigenvalue weighted by atomic mass is 9.91. The number of rotatable bonds is 3. The van der Waals surface area contributed by atoms with Gasteiger partial charge in [-0.3, -0.25) is 4.79 Å². The van der Waals surface area contributed by atoms with Crippen molar-refractivity contribution >= 4 is 5.91 Å². The molecule has 3 heterocycles. The van der Waals surface area contributed by atoms with Gasteiger partial charge in [0.15, 0.2) is 0 Å². The Labute approximate surface area is 131 Å². The minimum absolute atomic E-state index is 0.0195. The summed E-state index contributed by atoms with van der Waals surface area (Å²) >= 11 is 0. The van der Waals surface area contributed by atoms with Gasteiger partial charge in [0, 0.05) is 13.1 Å². The Morgan fingerprint density at radius 3 is 2.64 bits per heavy atom. The quantitative estimate of drug-likeness (QED) is 0.927. The predicted octanol–water partition coefficient (Wildman–Crippen LogP) is 1.96. The highest BCUT2D eigenvalue weighted by Gasteiger charge is 2.37. The molecule has 1 aromatic heterocycles. The maximum absolute atomic E-state index is 12.7. The van der Waals surface area contributed by atoms with Crippen molar-refractivity contribution in [1.29, 1.82) is 0 Å². The van der Waals surface area contributed by atoms with Crippen molar-refractivity contribution in [1.82, 2.24) is 9.80 Å². The molecule has 0 saturated carbocycles. The first kappa shape index (κ1) is 15.6. The first-order valence-electron chi connectivity index (χ1n) is 8.28. The van der Waals surface area contributed by atoms with E-state index in [4.69, 9.17) is 4.42 Å². The molecule has 0 aliphatic carbocycles. The highest BCUT2D eigenvalue weighted by molar-refractivity contribution is 5.95. The zero-order valence-electron chi connectivity index (χ0n) is 13.6. The maximum Gasteiger partial charge on any atom is 0.257 e. The minimum atomic E-state index is -0.773. The molecule has 1 aromatic rings. The number of aliphatic hydroxyl groups is 1. The molecule has 0 radical (unpaired) electrons. The summed E-state index contributed by atoms with van der Waals surface area (Å²) in [6, 6.07) is 1.80. The van der Waals surface area contributed by atoms with E-state index in [1.165, 1.54) is 12.8 Å². The van der Waals surface area contributed by atoms with Crippen LogP contribution in [0.15, 0.2) is 10.5 Å². The lowest BCUT2D eigenvalue weighted by Gasteiger charge is -2.41. The summed E-state index contributed by atoms with van der Waals surface area (Å²) in [4.78, 5) is 16.8. The van der Waals surface area contributed by atoms with E-state index >= 15 is 0 Å². The molecular formula is C17H26N2O3. The van der Waals surface area contributed by atoms with Gasteiger partial charge in [-0.2, -0.15) is 0 Å². The van der Waals surface area contributed by atoms with E-state index in [1.54, 1.807) is 11.0 Å². The molecule has 1 amide bonds. The number of β-amino-alcohol motifs (C(OH)–C–C–N with tert-alkyl or cyclic N) is 1. The van der Waals surface area contributed by atoms with Crippen molar-refractivity contribution in [3.8, 4) is 0 Å². The topological polar surface area (TPSA) is 56.9 Å². The van der Waals surface area contributed by atoms with Crippen LogP contribution in [0.25, 0.3) is 0 Å². The Morgan fingerprint density at radius 2 is 2.00 bits per heavy atom. The highest BCUT2D eigenvalue weighted by atomic mass is 16.3. The van der Waals surface area contributed by atoms with Gasteiger partial charge in [-0.15, -0.1) is 0 Å². The van der Waals surface area contributed by atoms with Gasteiger partial charge in [-0.25, -0.2) is 0 Å². The van der Waals surface area contributed by atoms with E-state index in [1.807, 2.05) is 13.8 Å². The van der Waals surface area contributed by atoms with Crippen LogP contribution in [0.3, 0.4) is 0 Å². The molecule has 2 aliphatic heterocycles. The molecule has 2 fully saturated rings. The number of carbonyl (C=O) groups is 1. The van der Waals surface area contributed by atoms with Gasteiger partial charge in [-0.05, 0) is 58.7 Å².